The number of nitrogens with zero attached hydrogens (tertiary/aromatic N) is 5. The molecule has 4 heterocycles. The summed E-state index contributed by atoms with van der Waals surface area (Å²) < 4.78 is 24.3. The molecule has 1 unspecified atom stereocenters. The molecule has 2 atom stereocenters. The van der Waals surface area contributed by atoms with E-state index in [1.165, 1.54) is 11.3 Å². The summed E-state index contributed by atoms with van der Waals surface area (Å²) >= 11 is 4.98. The molecule has 155 valence electrons. The molecular weight excluding hydrogens is 504 g/mol. The standard InChI is InChI=1S/C18H18BrN6O2S2Si/c1-17(9-27-2)10-30(17)24-29(26)11-5-12(19)13-6-21-14(25(13)7-11)15-22-23-16(28-15)18(8-20)3-4-18/h5-7,24H,3-4,9-10H2,1-2H3/t17-,29?/m1/s1. The first-order valence-electron chi connectivity index (χ1n) is 9.35. The fourth-order valence-electron chi connectivity index (χ4n) is 3.43. The molecule has 1 aliphatic carbocycles. The number of aromatic nitrogens is 4. The lowest BCUT2D eigenvalue weighted by atomic mass is 10.1. The maximum atomic E-state index is 13.0. The number of methoxy groups -OCH3 is 1. The van der Waals surface area contributed by atoms with Crippen LogP contribution in [-0.2, 0) is 21.1 Å². The molecule has 3 aromatic heterocycles. The van der Waals surface area contributed by atoms with E-state index in [1.54, 1.807) is 13.3 Å². The SMILES string of the molecule is COC[C@]1(C)C[Si]1NS(=O)c1cc(Br)c2cnc(-c3nnc(C4(C#N)CC4)s3)n2c1. The van der Waals surface area contributed by atoms with Crippen LogP contribution >= 0.6 is 27.3 Å². The van der Waals surface area contributed by atoms with E-state index < -0.39 is 25.4 Å². The van der Waals surface area contributed by atoms with E-state index in [0.717, 1.165) is 33.9 Å². The molecule has 0 spiro atoms. The smallest absolute Gasteiger partial charge is 0.183 e. The van der Waals surface area contributed by atoms with Gasteiger partial charge >= 0.3 is 0 Å². The second kappa shape index (κ2) is 7.28. The van der Waals surface area contributed by atoms with Gasteiger partial charge in [-0.1, -0.05) is 18.3 Å². The summed E-state index contributed by atoms with van der Waals surface area (Å²) in [5.74, 6) is 0.631. The zero-order valence-electron chi connectivity index (χ0n) is 16.3. The molecule has 8 nitrogen and oxygen atoms in total. The highest BCUT2D eigenvalue weighted by molar-refractivity contribution is 9.10. The molecule has 3 aromatic rings. The van der Waals surface area contributed by atoms with Crippen LogP contribution < -0.4 is 4.39 Å². The average molecular weight is 523 g/mol. The minimum absolute atomic E-state index is 0.124. The van der Waals surface area contributed by atoms with Crippen molar-refractivity contribution >= 4 is 52.7 Å². The number of fused-ring (bicyclic) bond motifs is 1. The summed E-state index contributed by atoms with van der Waals surface area (Å²) in [4.78, 5) is 5.18. The van der Waals surface area contributed by atoms with Gasteiger partial charge in [0.25, 0.3) is 0 Å². The summed E-state index contributed by atoms with van der Waals surface area (Å²) in [7, 11) is -0.550. The van der Waals surface area contributed by atoms with Gasteiger partial charge in [-0.25, -0.2) is 9.19 Å². The maximum Gasteiger partial charge on any atom is 0.183 e. The first-order chi connectivity index (χ1) is 14.4. The Kier molecular flexibility index (Phi) is 4.96. The molecule has 1 N–H and O–H groups in total. The van der Waals surface area contributed by atoms with Crippen molar-refractivity contribution in [2.45, 2.75) is 41.2 Å². The van der Waals surface area contributed by atoms with Crippen molar-refractivity contribution in [3.8, 4) is 16.9 Å². The van der Waals surface area contributed by atoms with Gasteiger partial charge in [-0.15, -0.1) is 10.2 Å². The monoisotopic (exact) mass is 521 g/mol. The first-order valence-corrected chi connectivity index (χ1v) is 13.8. The average Bonchev–Trinajstić information content (AvgIpc) is 3.48. The molecule has 1 radical (unpaired) electrons. The Morgan fingerprint density at radius 2 is 2.30 bits per heavy atom. The molecule has 1 saturated heterocycles. The maximum absolute atomic E-state index is 13.0. The van der Waals surface area contributed by atoms with Crippen LogP contribution in [0.5, 0.6) is 0 Å². The summed E-state index contributed by atoms with van der Waals surface area (Å²) in [5, 5.41) is 19.5. The van der Waals surface area contributed by atoms with Crippen LogP contribution in [0.4, 0.5) is 0 Å². The molecule has 1 saturated carbocycles. The van der Waals surface area contributed by atoms with Crippen LogP contribution in [0.1, 0.15) is 24.8 Å². The fraction of sp³-hybridized carbons (Fsp3) is 0.444. The van der Waals surface area contributed by atoms with Crippen LogP contribution in [0.15, 0.2) is 27.8 Å². The lowest BCUT2D eigenvalue weighted by Gasteiger charge is -2.10. The second-order valence-electron chi connectivity index (χ2n) is 7.99. The van der Waals surface area contributed by atoms with Gasteiger partial charge in [0.1, 0.15) is 21.4 Å². The van der Waals surface area contributed by atoms with Gasteiger partial charge in [-0.05, 0) is 45.9 Å². The van der Waals surface area contributed by atoms with Crippen molar-refractivity contribution in [1.82, 2.24) is 24.0 Å². The van der Waals surface area contributed by atoms with Gasteiger partial charge in [0.2, 0.25) is 0 Å². The van der Waals surface area contributed by atoms with Gasteiger partial charge < -0.3 is 4.74 Å². The Bertz CT molecular complexity index is 1220. The normalized spacial score (nSPS) is 23.4. The highest BCUT2D eigenvalue weighted by atomic mass is 79.9. The molecular formula is C18H18BrN6O2S2Si. The number of pyridine rings is 1. The van der Waals surface area contributed by atoms with Gasteiger partial charge in [-0.2, -0.15) is 5.26 Å². The van der Waals surface area contributed by atoms with Crippen molar-refractivity contribution in [3.63, 3.8) is 0 Å². The van der Waals surface area contributed by atoms with Crippen LogP contribution in [0.25, 0.3) is 16.3 Å². The zero-order valence-corrected chi connectivity index (χ0v) is 20.5. The number of nitrogens with one attached hydrogen (secondary N) is 1. The highest BCUT2D eigenvalue weighted by Crippen LogP contribution is 2.52. The van der Waals surface area contributed by atoms with Gasteiger partial charge in [0, 0.05) is 17.8 Å². The van der Waals surface area contributed by atoms with Crippen molar-refractivity contribution in [3.05, 3.63) is 27.9 Å². The van der Waals surface area contributed by atoms with Crippen molar-refractivity contribution in [2.75, 3.05) is 13.7 Å². The third kappa shape index (κ3) is 3.37. The number of nitriles is 1. The van der Waals surface area contributed by atoms with E-state index in [4.69, 9.17) is 4.74 Å². The third-order valence-corrected chi connectivity index (χ3v) is 12.2. The Morgan fingerprint density at radius 3 is 3.00 bits per heavy atom. The summed E-state index contributed by atoms with van der Waals surface area (Å²) in [5.41, 5.74) is 0.386. The van der Waals surface area contributed by atoms with Crippen LogP contribution in [0.2, 0.25) is 11.1 Å². The quantitative estimate of drug-likeness (QED) is 0.478. The Balaban J connectivity index is 1.45. The number of ether oxygens (including phenoxy) is 1. The Hall–Kier alpha value is -1.49. The van der Waals surface area contributed by atoms with E-state index in [0.29, 0.717) is 22.3 Å². The lowest BCUT2D eigenvalue weighted by molar-refractivity contribution is 0.183. The van der Waals surface area contributed by atoms with Crippen molar-refractivity contribution in [2.24, 2.45) is 0 Å². The van der Waals surface area contributed by atoms with E-state index in [1.807, 2.05) is 16.7 Å². The topological polar surface area (TPSA) is 105 Å². The fourth-order valence-corrected chi connectivity index (χ4v) is 9.60. The van der Waals surface area contributed by atoms with Crippen LogP contribution in [0.3, 0.4) is 0 Å². The molecule has 2 aliphatic rings. The molecule has 2 fully saturated rings. The minimum atomic E-state index is -1.33. The number of rotatable bonds is 7. The molecule has 0 aromatic carbocycles. The molecule has 0 bridgehead atoms. The highest BCUT2D eigenvalue weighted by Gasteiger charge is 2.53. The predicted octanol–water partition coefficient (Wildman–Crippen LogP) is 3.19. The van der Waals surface area contributed by atoms with Gasteiger partial charge in [0.05, 0.1) is 29.3 Å². The molecule has 12 heteroatoms. The van der Waals surface area contributed by atoms with E-state index in [-0.39, 0.29) is 5.04 Å². The second-order valence-corrected chi connectivity index (χ2v) is 14.2. The third-order valence-electron chi connectivity index (χ3n) is 5.62. The Labute approximate surface area is 190 Å². The van der Waals surface area contributed by atoms with Crippen molar-refractivity contribution < 1.29 is 8.95 Å². The van der Waals surface area contributed by atoms with E-state index in [9.17, 15) is 9.47 Å². The van der Waals surface area contributed by atoms with Gasteiger partial charge in [-0.3, -0.25) is 8.79 Å². The number of hydrogen-bond donors (Lipinski definition) is 1. The summed E-state index contributed by atoms with van der Waals surface area (Å²) in [6.45, 7) is 2.85. The first kappa shape index (κ1) is 20.4. The number of halogens is 1. The molecule has 1 aliphatic heterocycles. The van der Waals surface area contributed by atoms with Gasteiger partial charge in [0.15, 0.2) is 19.8 Å². The largest absolute Gasteiger partial charge is 0.384 e. The van der Waals surface area contributed by atoms with Crippen LogP contribution in [-0.4, -0.2) is 46.5 Å². The van der Waals surface area contributed by atoms with Crippen LogP contribution in [0, 0.1) is 11.3 Å². The number of imidazole rings is 1. The molecule has 5 rings (SSSR count). The molecule has 30 heavy (non-hydrogen) atoms. The zero-order chi connectivity index (χ0) is 21.1. The summed E-state index contributed by atoms with van der Waals surface area (Å²) in [6, 6.07) is 5.25. The minimum Gasteiger partial charge on any atom is -0.384 e. The van der Waals surface area contributed by atoms with E-state index >= 15 is 0 Å². The summed E-state index contributed by atoms with van der Waals surface area (Å²) in [6.07, 6.45) is 5.24. The molecule has 0 amide bonds. The lowest BCUT2D eigenvalue weighted by Crippen LogP contribution is -2.28. The van der Waals surface area contributed by atoms with Crippen molar-refractivity contribution in [1.29, 1.82) is 5.26 Å². The predicted molar refractivity (Wildman–Crippen MR) is 119 cm³/mol. The van der Waals surface area contributed by atoms with E-state index in [2.05, 4.69) is 48.5 Å². The Morgan fingerprint density at radius 1 is 1.50 bits per heavy atom. The number of hydrogen-bond acceptors (Lipinski definition) is 7.